The molecule has 0 unspecified atom stereocenters. The van der Waals surface area contributed by atoms with Gasteiger partial charge in [0.05, 0.1) is 17.9 Å². The van der Waals surface area contributed by atoms with Crippen LogP contribution in [-0.2, 0) is 11.3 Å². The quantitative estimate of drug-likeness (QED) is 0.525. The Hall–Kier alpha value is -3.74. The minimum Gasteiger partial charge on any atom is -0.461 e. The first-order valence-corrected chi connectivity index (χ1v) is 9.49. The number of imidazole rings is 1. The van der Waals surface area contributed by atoms with Gasteiger partial charge in [-0.1, -0.05) is 30.3 Å². The first-order chi connectivity index (χ1) is 14.3. The number of carbonyl (C=O) groups is 1. The molecule has 1 atom stereocenters. The van der Waals surface area contributed by atoms with Crippen molar-refractivity contribution in [3.63, 3.8) is 0 Å². The van der Waals surface area contributed by atoms with E-state index in [1.807, 2.05) is 52.1 Å². The number of carbonyl (C=O) groups excluding carboxylic acids is 1. The molecule has 4 heterocycles. The minimum atomic E-state index is 0.0356. The number of hydrogen-bond acceptors (Lipinski definition) is 5. The van der Waals surface area contributed by atoms with Gasteiger partial charge in [0, 0.05) is 44.3 Å². The third-order valence-corrected chi connectivity index (χ3v) is 5.12. The molecule has 4 aromatic rings. The molecule has 1 aromatic carbocycles. The lowest BCUT2D eigenvalue weighted by atomic mass is 10.2. The first kappa shape index (κ1) is 17.4. The Balaban J connectivity index is 1.36. The van der Waals surface area contributed by atoms with Crippen LogP contribution in [0.4, 0.5) is 0 Å². The Morgan fingerprint density at radius 2 is 1.86 bits per heavy atom. The molecule has 144 valence electrons. The van der Waals surface area contributed by atoms with Gasteiger partial charge in [0.15, 0.2) is 11.6 Å². The molecule has 7 heteroatoms. The number of rotatable bonds is 5. The van der Waals surface area contributed by atoms with Gasteiger partial charge < -0.3 is 13.9 Å². The summed E-state index contributed by atoms with van der Waals surface area (Å²) in [5.74, 6) is 2.07. The van der Waals surface area contributed by atoms with E-state index in [4.69, 9.17) is 4.42 Å². The van der Waals surface area contributed by atoms with Gasteiger partial charge in [-0.15, -0.1) is 0 Å². The van der Waals surface area contributed by atoms with Crippen molar-refractivity contribution in [1.82, 2.24) is 24.4 Å². The van der Waals surface area contributed by atoms with Crippen LogP contribution in [0.25, 0.3) is 23.0 Å². The van der Waals surface area contributed by atoms with Crippen LogP contribution in [0.3, 0.4) is 0 Å². The zero-order chi connectivity index (χ0) is 19.6. The lowest BCUT2D eigenvalue weighted by Crippen LogP contribution is -2.25. The van der Waals surface area contributed by atoms with Gasteiger partial charge in [-0.2, -0.15) is 0 Å². The van der Waals surface area contributed by atoms with Crippen molar-refractivity contribution in [1.29, 1.82) is 0 Å². The van der Waals surface area contributed by atoms with Gasteiger partial charge in [-0.3, -0.25) is 4.79 Å². The summed E-state index contributed by atoms with van der Waals surface area (Å²) in [6, 6.07) is 13.7. The van der Waals surface area contributed by atoms with E-state index < -0.39 is 0 Å². The lowest BCUT2D eigenvalue weighted by Gasteiger charge is -2.18. The lowest BCUT2D eigenvalue weighted by molar-refractivity contribution is -0.128. The van der Waals surface area contributed by atoms with Crippen molar-refractivity contribution in [2.45, 2.75) is 19.0 Å². The molecule has 0 spiro atoms. The third-order valence-electron chi connectivity index (χ3n) is 5.12. The molecule has 0 saturated carbocycles. The van der Waals surface area contributed by atoms with Crippen LogP contribution < -0.4 is 0 Å². The van der Waals surface area contributed by atoms with Crippen molar-refractivity contribution in [3.05, 3.63) is 79.1 Å². The van der Waals surface area contributed by atoms with Gasteiger partial charge in [-0.25, -0.2) is 15.0 Å². The van der Waals surface area contributed by atoms with Crippen LogP contribution >= 0.6 is 0 Å². The van der Waals surface area contributed by atoms with Crippen LogP contribution in [0.1, 0.15) is 18.0 Å². The fourth-order valence-electron chi connectivity index (χ4n) is 3.70. The maximum Gasteiger partial charge on any atom is 0.225 e. The topological polar surface area (TPSA) is 77.0 Å². The van der Waals surface area contributed by atoms with Crippen molar-refractivity contribution < 1.29 is 9.21 Å². The van der Waals surface area contributed by atoms with Gasteiger partial charge in [0.2, 0.25) is 5.91 Å². The largest absolute Gasteiger partial charge is 0.461 e. The van der Waals surface area contributed by atoms with E-state index in [1.165, 1.54) is 0 Å². The van der Waals surface area contributed by atoms with Gasteiger partial charge in [0.1, 0.15) is 5.82 Å². The average Bonchev–Trinajstić information content (AvgIpc) is 3.51. The van der Waals surface area contributed by atoms with E-state index in [9.17, 15) is 4.79 Å². The fraction of sp³-hybridized carbons (Fsp3) is 0.182. The zero-order valence-corrected chi connectivity index (χ0v) is 15.7. The molecule has 0 radical (unpaired) electrons. The smallest absolute Gasteiger partial charge is 0.225 e. The summed E-state index contributed by atoms with van der Waals surface area (Å²) >= 11 is 0. The van der Waals surface area contributed by atoms with E-state index in [0.717, 1.165) is 17.0 Å². The number of likely N-dealkylation sites (tertiary alicyclic amines) is 1. The Morgan fingerprint density at radius 1 is 1.03 bits per heavy atom. The van der Waals surface area contributed by atoms with Crippen LogP contribution in [0.15, 0.2) is 77.9 Å². The highest BCUT2D eigenvalue weighted by Crippen LogP contribution is 2.29. The monoisotopic (exact) mass is 385 g/mol. The number of furan rings is 1. The molecule has 1 fully saturated rings. The molecular formula is C22H19N5O2. The van der Waals surface area contributed by atoms with Gasteiger partial charge in [-0.05, 0) is 17.7 Å². The van der Waals surface area contributed by atoms with Crippen LogP contribution in [0.2, 0.25) is 0 Å². The highest BCUT2D eigenvalue weighted by atomic mass is 16.3. The van der Waals surface area contributed by atoms with Crippen molar-refractivity contribution in [2.24, 2.45) is 0 Å². The van der Waals surface area contributed by atoms with E-state index in [0.29, 0.717) is 31.1 Å². The van der Waals surface area contributed by atoms with Crippen molar-refractivity contribution >= 4 is 5.91 Å². The number of hydrogen-bond donors (Lipinski definition) is 0. The second-order valence-corrected chi connectivity index (χ2v) is 7.05. The summed E-state index contributed by atoms with van der Waals surface area (Å²) in [4.78, 5) is 27.7. The van der Waals surface area contributed by atoms with Crippen molar-refractivity contribution in [3.8, 4) is 23.0 Å². The van der Waals surface area contributed by atoms with E-state index >= 15 is 0 Å². The number of amides is 1. The summed E-state index contributed by atoms with van der Waals surface area (Å²) in [6.45, 7) is 1.28. The van der Waals surface area contributed by atoms with E-state index in [-0.39, 0.29) is 11.9 Å². The Kier molecular flexibility index (Phi) is 4.40. The SMILES string of the molecule is O=C1C[C@@H](n2ccnc2-c2cnc(-c3ccco3)nc2)CN1Cc1ccccc1. The summed E-state index contributed by atoms with van der Waals surface area (Å²) in [6.07, 6.45) is 9.20. The molecule has 1 aliphatic heterocycles. The first-order valence-electron chi connectivity index (χ1n) is 9.49. The van der Waals surface area contributed by atoms with Crippen LogP contribution in [0, 0.1) is 0 Å². The van der Waals surface area contributed by atoms with Crippen LogP contribution in [0.5, 0.6) is 0 Å². The Labute approximate surface area is 167 Å². The summed E-state index contributed by atoms with van der Waals surface area (Å²) < 4.78 is 7.39. The molecule has 5 rings (SSSR count). The molecule has 1 saturated heterocycles. The molecule has 1 aliphatic rings. The maximum absolute atomic E-state index is 12.6. The fourth-order valence-corrected chi connectivity index (χ4v) is 3.70. The summed E-state index contributed by atoms with van der Waals surface area (Å²) in [7, 11) is 0. The predicted octanol–water partition coefficient (Wildman–Crippen LogP) is 3.57. The zero-order valence-electron chi connectivity index (χ0n) is 15.7. The van der Waals surface area contributed by atoms with Crippen LogP contribution in [-0.4, -0.2) is 36.9 Å². The predicted molar refractivity (Wildman–Crippen MR) is 106 cm³/mol. The second kappa shape index (κ2) is 7.35. The summed E-state index contributed by atoms with van der Waals surface area (Å²) in [5, 5.41) is 0. The van der Waals surface area contributed by atoms with Gasteiger partial charge >= 0.3 is 0 Å². The van der Waals surface area contributed by atoms with E-state index in [2.05, 4.69) is 15.0 Å². The molecule has 7 nitrogen and oxygen atoms in total. The molecule has 0 N–H and O–H groups in total. The highest BCUT2D eigenvalue weighted by Gasteiger charge is 2.32. The third kappa shape index (κ3) is 3.42. The second-order valence-electron chi connectivity index (χ2n) is 7.05. The normalized spacial score (nSPS) is 16.5. The number of nitrogens with zero attached hydrogens (tertiary/aromatic N) is 5. The standard InChI is InChI=1S/C22H19N5O2/c28-20-11-18(15-26(20)14-16-5-2-1-3-6-16)27-9-8-23-22(27)17-12-24-21(25-13-17)19-7-4-10-29-19/h1-10,12-13,18H,11,14-15H2/t18-/m1/s1. The van der Waals surface area contributed by atoms with Gasteiger partial charge in [0.25, 0.3) is 0 Å². The molecular weight excluding hydrogens is 366 g/mol. The van der Waals surface area contributed by atoms with E-state index in [1.54, 1.807) is 30.9 Å². The molecule has 29 heavy (non-hydrogen) atoms. The number of benzene rings is 1. The Morgan fingerprint density at radius 3 is 2.62 bits per heavy atom. The maximum atomic E-state index is 12.6. The Bertz CT molecular complexity index is 1100. The van der Waals surface area contributed by atoms with Crippen molar-refractivity contribution in [2.75, 3.05) is 6.54 Å². The molecule has 1 amide bonds. The summed E-state index contributed by atoms with van der Waals surface area (Å²) in [5.41, 5.74) is 1.94. The minimum absolute atomic E-state index is 0.0356. The number of aromatic nitrogens is 4. The molecule has 0 aliphatic carbocycles. The average molecular weight is 385 g/mol. The molecule has 3 aromatic heterocycles. The highest BCUT2D eigenvalue weighted by molar-refractivity contribution is 5.79. The molecule has 0 bridgehead atoms.